The van der Waals surface area contributed by atoms with Crippen molar-refractivity contribution in [2.45, 2.75) is 0 Å². The summed E-state index contributed by atoms with van der Waals surface area (Å²) in [5.41, 5.74) is 1.66. The molecule has 0 bridgehead atoms. The highest BCUT2D eigenvalue weighted by Crippen LogP contribution is 2.22. The van der Waals surface area contributed by atoms with Crippen LogP contribution >= 0.6 is 15.9 Å². The third kappa shape index (κ3) is 2.85. The van der Waals surface area contributed by atoms with E-state index in [2.05, 4.69) is 15.9 Å². The molecule has 1 aromatic rings. The summed E-state index contributed by atoms with van der Waals surface area (Å²) in [6.45, 7) is 0. The molecule has 0 radical (unpaired) electrons. The highest BCUT2D eigenvalue weighted by Gasteiger charge is 2.05. The number of nitrogens with zero attached hydrogens (tertiary/aromatic N) is 3. The molecule has 0 saturated carbocycles. The average molecular weight is 276 g/mol. The fraction of sp³-hybridized carbons (Fsp3) is 0.167. The Balaban J connectivity index is 3.24. The van der Waals surface area contributed by atoms with Crippen molar-refractivity contribution < 1.29 is 0 Å². The molecular formula is C12H10BrN3. The zero-order chi connectivity index (χ0) is 12.1. The van der Waals surface area contributed by atoms with E-state index in [-0.39, 0.29) is 0 Å². The number of nitriles is 2. The molecule has 0 spiro atoms. The zero-order valence-electron chi connectivity index (χ0n) is 9.03. The van der Waals surface area contributed by atoms with Gasteiger partial charge in [-0.05, 0) is 30.0 Å². The second-order valence-corrected chi connectivity index (χ2v) is 4.28. The Morgan fingerprint density at radius 1 is 1.19 bits per heavy atom. The van der Waals surface area contributed by atoms with Crippen LogP contribution in [-0.2, 0) is 0 Å². The van der Waals surface area contributed by atoms with Crippen LogP contribution in [0.5, 0.6) is 0 Å². The maximum Gasteiger partial charge on any atom is 0.101 e. The van der Waals surface area contributed by atoms with E-state index in [0.29, 0.717) is 11.1 Å². The first-order valence-corrected chi connectivity index (χ1v) is 5.36. The molecule has 0 heterocycles. The maximum absolute atomic E-state index is 8.89. The third-order valence-electron chi connectivity index (χ3n) is 1.93. The second-order valence-electron chi connectivity index (χ2n) is 3.42. The molecule has 1 rings (SSSR count). The van der Waals surface area contributed by atoms with E-state index in [4.69, 9.17) is 10.5 Å². The fourth-order valence-corrected chi connectivity index (χ4v) is 1.61. The lowest BCUT2D eigenvalue weighted by atomic mass is 10.1. The summed E-state index contributed by atoms with van der Waals surface area (Å²) >= 11 is 3.37. The van der Waals surface area contributed by atoms with Gasteiger partial charge in [-0.25, -0.2) is 0 Å². The molecule has 0 saturated heterocycles. The van der Waals surface area contributed by atoms with Crippen molar-refractivity contribution in [1.82, 2.24) is 4.90 Å². The van der Waals surface area contributed by atoms with Gasteiger partial charge in [-0.2, -0.15) is 10.5 Å². The minimum absolute atomic E-state index is 0.386. The summed E-state index contributed by atoms with van der Waals surface area (Å²) in [6, 6.07) is 7.36. The summed E-state index contributed by atoms with van der Waals surface area (Å²) in [6.07, 6.45) is 3.76. The van der Waals surface area contributed by atoms with Gasteiger partial charge in [0.05, 0.1) is 11.1 Å². The minimum Gasteiger partial charge on any atom is -0.383 e. The van der Waals surface area contributed by atoms with Crippen molar-refractivity contribution in [1.29, 1.82) is 10.5 Å². The number of rotatable bonds is 2. The molecule has 1 aromatic carbocycles. The fourth-order valence-electron chi connectivity index (χ4n) is 1.13. The number of hydrogen-bond donors (Lipinski definition) is 0. The van der Waals surface area contributed by atoms with Gasteiger partial charge >= 0.3 is 0 Å². The van der Waals surface area contributed by atoms with Crippen molar-refractivity contribution in [2.75, 3.05) is 14.1 Å². The van der Waals surface area contributed by atoms with Crippen LogP contribution < -0.4 is 0 Å². The molecule has 0 N–H and O–H groups in total. The van der Waals surface area contributed by atoms with Crippen molar-refractivity contribution >= 4 is 22.0 Å². The molecule has 0 aliphatic rings. The lowest BCUT2D eigenvalue weighted by molar-refractivity contribution is 0.567. The van der Waals surface area contributed by atoms with E-state index in [9.17, 15) is 0 Å². The molecule has 80 valence electrons. The van der Waals surface area contributed by atoms with Gasteiger partial charge in [-0.15, -0.1) is 0 Å². The number of benzene rings is 1. The average Bonchev–Trinajstić information content (AvgIpc) is 2.26. The van der Waals surface area contributed by atoms with Gasteiger partial charge < -0.3 is 4.90 Å². The molecular weight excluding hydrogens is 266 g/mol. The second kappa shape index (κ2) is 5.34. The topological polar surface area (TPSA) is 50.8 Å². The zero-order valence-corrected chi connectivity index (χ0v) is 10.6. The van der Waals surface area contributed by atoms with Crippen LogP contribution in [0.2, 0.25) is 0 Å². The molecule has 0 aliphatic carbocycles. The predicted octanol–water partition coefficient (Wildman–Crippen LogP) is 2.72. The van der Waals surface area contributed by atoms with E-state index in [0.717, 1.165) is 10.0 Å². The lowest BCUT2D eigenvalue weighted by Crippen LogP contribution is -1.99. The minimum atomic E-state index is 0.386. The molecule has 0 atom stereocenters. The van der Waals surface area contributed by atoms with Gasteiger partial charge in [0.25, 0.3) is 0 Å². The van der Waals surface area contributed by atoms with Gasteiger partial charge in [0.2, 0.25) is 0 Å². The monoisotopic (exact) mass is 275 g/mol. The van der Waals surface area contributed by atoms with Crippen molar-refractivity contribution in [3.05, 3.63) is 39.5 Å². The summed E-state index contributed by atoms with van der Waals surface area (Å²) in [7, 11) is 3.83. The van der Waals surface area contributed by atoms with E-state index >= 15 is 0 Å². The quantitative estimate of drug-likeness (QED) is 0.834. The van der Waals surface area contributed by atoms with Crippen LogP contribution in [0.25, 0.3) is 6.08 Å². The largest absolute Gasteiger partial charge is 0.383 e. The van der Waals surface area contributed by atoms with Gasteiger partial charge in [0.15, 0.2) is 0 Å². The summed E-state index contributed by atoms with van der Waals surface area (Å²) in [5.74, 6) is 0. The van der Waals surface area contributed by atoms with Gasteiger partial charge in [-0.1, -0.05) is 15.9 Å². The van der Waals surface area contributed by atoms with Crippen molar-refractivity contribution in [2.24, 2.45) is 0 Å². The standard InChI is InChI=1S/C12H10BrN3/c1-16(2)4-3-9-5-10(7-14)11(8-15)6-12(9)13/h3-6H,1-2H3. The normalized spacial score (nSPS) is 9.81. The molecule has 0 fully saturated rings. The Kier molecular flexibility index (Phi) is 4.10. The third-order valence-corrected chi connectivity index (χ3v) is 2.62. The first-order valence-electron chi connectivity index (χ1n) is 4.57. The number of hydrogen-bond acceptors (Lipinski definition) is 3. The van der Waals surface area contributed by atoms with Crippen LogP contribution in [0.1, 0.15) is 16.7 Å². The van der Waals surface area contributed by atoms with Crippen molar-refractivity contribution in [3.63, 3.8) is 0 Å². The molecule has 16 heavy (non-hydrogen) atoms. The van der Waals surface area contributed by atoms with E-state index in [1.165, 1.54) is 0 Å². The Hall–Kier alpha value is -1.78. The highest BCUT2D eigenvalue weighted by atomic mass is 79.9. The summed E-state index contributed by atoms with van der Waals surface area (Å²) in [4.78, 5) is 1.90. The smallest absolute Gasteiger partial charge is 0.101 e. The molecule has 3 nitrogen and oxygen atoms in total. The first-order chi connectivity index (χ1) is 7.58. The van der Waals surface area contributed by atoms with Crippen LogP contribution in [0.4, 0.5) is 0 Å². The highest BCUT2D eigenvalue weighted by molar-refractivity contribution is 9.10. The Labute approximate surface area is 103 Å². The van der Waals surface area contributed by atoms with Crippen LogP contribution in [0.3, 0.4) is 0 Å². The van der Waals surface area contributed by atoms with Gasteiger partial charge in [-0.3, -0.25) is 0 Å². The number of halogens is 1. The van der Waals surface area contributed by atoms with Crippen LogP contribution in [0, 0.1) is 22.7 Å². The van der Waals surface area contributed by atoms with Crippen molar-refractivity contribution in [3.8, 4) is 12.1 Å². The summed E-state index contributed by atoms with van der Waals surface area (Å²) in [5, 5.41) is 17.7. The first kappa shape index (κ1) is 12.3. The van der Waals surface area contributed by atoms with Gasteiger partial charge in [0.1, 0.15) is 12.1 Å². The molecule has 0 aromatic heterocycles. The lowest BCUT2D eigenvalue weighted by Gasteiger charge is -2.05. The Morgan fingerprint density at radius 3 is 2.25 bits per heavy atom. The van der Waals surface area contributed by atoms with Crippen LogP contribution in [-0.4, -0.2) is 19.0 Å². The van der Waals surface area contributed by atoms with E-state index in [1.807, 2.05) is 43.4 Å². The predicted molar refractivity (Wildman–Crippen MR) is 66.3 cm³/mol. The molecule has 0 amide bonds. The van der Waals surface area contributed by atoms with Gasteiger partial charge in [0, 0.05) is 18.6 Å². The van der Waals surface area contributed by atoms with Crippen LogP contribution in [0.15, 0.2) is 22.8 Å². The SMILES string of the molecule is CN(C)C=Cc1cc(C#N)c(C#N)cc1Br. The Bertz CT molecular complexity index is 504. The van der Waals surface area contributed by atoms with E-state index < -0.39 is 0 Å². The summed E-state index contributed by atoms with van der Waals surface area (Å²) < 4.78 is 0.807. The Morgan fingerprint density at radius 2 is 1.75 bits per heavy atom. The molecule has 4 heteroatoms. The van der Waals surface area contributed by atoms with E-state index in [1.54, 1.807) is 12.1 Å². The molecule has 0 aliphatic heterocycles. The molecule has 0 unspecified atom stereocenters. The maximum atomic E-state index is 8.89.